The second kappa shape index (κ2) is 9.91. The largest absolute Gasteiger partial charge is 0.339 e. The second-order valence-corrected chi connectivity index (χ2v) is 11.7. The molecule has 3 heterocycles. The van der Waals surface area contributed by atoms with Crippen LogP contribution in [0.3, 0.4) is 0 Å². The Morgan fingerprint density at radius 2 is 1.75 bits per heavy atom. The van der Waals surface area contributed by atoms with Crippen LogP contribution in [0.15, 0.2) is 39.9 Å². The molecule has 0 radical (unpaired) electrons. The predicted molar refractivity (Wildman–Crippen MR) is 126 cm³/mol. The van der Waals surface area contributed by atoms with Gasteiger partial charge in [-0.05, 0) is 56.4 Å². The molecule has 0 unspecified atom stereocenters. The van der Waals surface area contributed by atoms with E-state index in [2.05, 4.69) is 5.32 Å². The van der Waals surface area contributed by atoms with Gasteiger partial charge in [-0.2, -0.15) is 4.31 Å². The molecule has 2 aliphatic rings. The van der Waals surface area contributed by atoms with E-state index in [4.69, 9.17) is 11.6 Å². The van der Waals surface area contributed by atoms with Crippen LogP contribution in [0.5, 0.6) is 0 Å². The van der Waals surface area contributed by atoms with Crippen molar-refractivity contribution < 1.29 is 18.0 Å². The van der Waals surface area contributed by atoms with Crippen LogP contribution < -0.4 is 5.32 Å². The van der Waals surface area contributed by atoms with Gasteiger partial charge in [-0.3, -0.25) is 9.59 Å². The third-order valence-corrected chi connectivity index (χ3v) is 9.53. The highest BCUT2D eigenvalue weighted by atomic mass is 35.5. The average molecular weight is 496 g/mol. The molecule has 2 amide bonds. The number of carbonyl (C=O) groups is 2. The molecular formula is C22H26ClN3O4S2. The molecule has 0 spiro atoms. The molecule has 4 rings (SSSR count). The van der Waals surface area contributed by atoms with Crippen LogP contribution in [0.2, 0.25) is 5.02 Å². The number of piperidine rings is 2. The van der Waals surface area contributed by atoms with Gasteiger partial charge in [-0.1, -0.05) is 17.7 Å². The summed E-state index contributed by atoms with van der Waals surface area (Å²) in [7, 11) is -3.69. The molecule has 0 aliphatic carbocycles. The summed E-state index contributed by atoms with van der Waals surface area (Å²) in [5.74, 6) is -0.492. The first-order valence-corrected chi connectivity index (χ1v) is 13.5. The molecule has 1 aromatic carbocycles. The van der Waals surface area contributed by atoms with Crippen LogP contribution in [-0.4, -0.2) is 55.6 Å². The number of sulfonamides is 1. The number of benzene rings is 1. The zero-order chi connectivity index (χ0) is 22.7. The fourth-order valence-corrected chi connectivity index (χ4v) is 7.11. The Kier molecular flexibility index (Phi) is 7.19. The number of amides is 2. The maximum Gasteiger partial charge on any atom is 0.254 e. The van der Waals surface area contributed by atoms with Crippen molar-refractivity contribution in [1.82, 2.24) is 9.21 Å². The number of nitrogens with one attached hydrogen (secondary N) is 1. The first-order chi connectivity index (χ1) is 15.3. The lowest BCUT2D eigenvalue weighted by Crippen LogP contribution is -2.41. The van der Waals surface area contributed by atoms with E-state index in [-0.39, 0.29) is 35.0 Å². The molecule has 32 heavy (non-hydrogen) atoms. The van der Waals surface area contributed by atoms with Crippen molar-refractivity contribution in [3.63, 3.8) is 0 Å². The fraction of sp³-hybridized carbons (Fsp3) is 0.455. The van der Waals surface area contributed by atoms with Gasteiger partial charge in [0, 0.05) is 48.2 Å². The number of anilines is 1. The monoisotopic (exact) mass is 495 g/mol. The summed E-state index contributed by atoms with van der Waals surface area (Å²) in [4.78, 5) is 27.0. The lowest BCUT2D eigenvalue weighted by Gasteiger charge is -2.30. The van der Waals surface area contributed by atoms with Crippen molar-refractivity contribution in [3.05, 3.63) is 46.3 Å². The Balaban J connectivity index is 1.36. The van der Waals surface area contributed by atoms with Crippen LogP contribution in [-0.2, 0) is 14.8 Å². The van der Waals surface area contributed by atoms with E-state index in [1.54, 1.807) is 34.5 Å². The van der Waals surface area contributed by atoms with Crippen molar-refractivity contribution in [1.29, 1.82) is 0 Å². The van der Waals surface area contributed by atoms with Gasteiger partial charge in [0.05, 0.1) is 5.56 Å². The first kappa shape index (κ1) is 23.2. The topological polar surface area (TPSA) is 86.8 Å². The van der Waals surface area contributed by atoms with Crippen LogP contribution in [0.25, 0.3) is 0 Å². The standard InChI is InChI=1S/C22H26ClN3O4S2/c23-18-5-4-6-19(14-18)24-21(27)16-7-11-26(12-8-16)32(29,30)20-13-17(15-31-20)22(28)25-9-2-1-3-10-25/h4-6,13-16H,1-3,7-12H2,(H,24,27). The molecule has 2 fully saturated rings. The minimum atomic E-state index is -3.69. The van der Waals surface area contributed by atoms with E-state index in [0.717, 1.165) is 43.7 Å². The summed E-state index contributed by atoms with van der Waals surface area (Å²) in [6, 6.07) is 8.44. The minimum absolute atomic E-state index is 0.0983. The van der Waals surface area contributed by atoms with Crippen molar-refractivity contribution in [2.45, 2.75) is 36.3 Å². The molecule has 0 atom stereocenters. The Morgan fingerprint density at radius 1 is 1.03 bits per heavy atom. The third kappa shape index (κ3) is 5.17. The van der Waals surface area contributed by atoms with Crippen molar-refractivity contribution in [3.8, 4) is 0 Å². The Bertz CT molecular complexity index is 1090. The highest BCUT2D eigenvalue weighted by Gasteiger charge is 2.33. The summed E-state index contributed by atoms with van der Waals surface area (Å²) in [5.41, 5.74) is 1.06. The normalized spacial score (nSPS) is 18.5. The van der Waals surface area contributed by atoms with Crippen LogP contribution in [0.4, 0.5) is 5.69 Å². The maximum atomic E-state index is 13.1. The number of hydrogen-bond acceptors (Lipinski definition) is 5. The molecule has 2 aliphatic heterocycles. The second-order valence-electron chi connectivity index (χ2n) is 8.19. The Morgan fingerprint density at radius 3 is 2.44 bits per heavy atom. The molecule has 1 N–H and O–H groups in total. The highest BCUT2D eigenvalue weighted by Crippen LogP contribution is 2.29. The molecular weight excluding hydrogens is 470 g/mol. The molecule has 10 heteroatoms. The van der Waals surface area contributed by atoms with E-state index >= 15 is 0 Å². The first-order valence-electron chi connectivity index (χ1n) is 10.8. The van der Waals surface area contributed by atoms with Gasteiger partial charge >= 0.3 is 0 Å². The number of halogens is 1. The van der Waals surface area contributed by atoms with E-state index in [0.29, 0.717) is 29.1 Å². The molecule has 0 saturated carbocycles. The summed E-state index contributed by atoms with van der Waals surface area (Å²) in [5, 5.41) is 5.03. The molecule has 0 bridgehead atoms. The Hall–Kier alpha value is -1.94. The molecule has 2 saturated heterocycles. The summed E-state index contributed by atoms with van der Waals surface area (Å²) < 4.78 is 27.8. The quantitative estimate of drug-likeness (QED) is 0.677. The van der Waals surface area contributed by atoms with E-state index in [1.807, 2.05) is 0 Å². The molecule has 7 nitrogen and oxygen atoms in total. The molecule has 2 aromatic rings. The third-order valence-electron chi connectivity index (χ3n) is 5.98. The summed E-state index contributed by atoms with van der Waals surface area (Å²) in [6.07, 6.45) is 3.98. The average Bonchev–Trinajstić information content (AvgIpc) is 3.30. The van der Waals surface area contributed by atoms with Crippen molar-refractivity contribution in [2.75, 3.05) is 31.5 Å². The lowest BCUT2D eigenvalue weighted by atomic mass is 9.97. The van der Waals surface area contributed by atoms with E-state index in [1.165, 1.54) is 10.4 Å². The van der Waals surface area contributed by atoms with Gasteiger partial charge in [-0.25, -0.2) is 8.42 Å². The van der Waals surface area contributed by atoms with Crippen LogP contribution in [0, 0.1) is 5.92 Å². The predicted octanol–water partition coefficient (Wildman–Crippen LogP) is 4.07. The number of rotatable bonds is 5. The van der Waals surface area contributed by atoms with E-state index in [9.17, 15) is 18.0 Å². The van der Waals surface area contributed by atoms with Gasteiger partial charge < -0.3 is 10.2 Å². The van der Waals surface area contributed by atoms with Gasteiger partial charge in [0.1, 0.15) is 4.21 Å². The molecule has 172 valence electrons. The van der Waals surface area contributed by atoms with Gasteiger partial charge in [-0.15, -0.1) is 11.3 Å². The zero-order valence-electron chi connectivity index (χ0n) is 17.6. The van der Waals surface area contributed by atoms with E-state index < -0.39 is 10.0 Å². The van der Waals surface area contributed by atoms with Crippen molar-refractivity contribution in [2.24, 2.45) is 5.92 Å². The number of likely N-dealkylation sites (tertiary alicyclic amines) is 1. The maximum absolute atomic E-state index is 13.1. The van der Waals surface area contributed by atoms with Gasteiger partial charge in [0.2, 0.25) is 5.91 Å². The van der Waals surface area contributed by atoms with Crippen LogP contribution in [0.1, 0.15) is 42.5 Å². The Labute approximate surface area is 197 Å². The number of thiophene rings is 1. The number of hydrogen-bond donors (Lipinski definition) is 1. The number of nitrogens with zero attached hydrogens (tertiary/aromatic N) is 2. The SMILES string of the molecule is O=C(Nc1cccc(Cl)c1)C1CCN(S(=O)(=O)c2cc(C(=O)N3CCCCC3)cs2)CC1. The zero-order valence-corrected chi connectivity index (χ0v) is 20.0. The van der Waals surface area contributed by atoms with Gasteiger partial charge in [0.25, 0.3) is 15.9 Å². The molecule has 1 aromatic heterocycles. The highest BCUT2D eigenvalue weighted by molar-refractivity contribution is 7.91. The van der Waals surface area contributed by atoms with Crippen molar-refractivity contribution >= 4 is 50.5 Å². The lowest BCUT2D eigenvalue weighted by molar-refractivity contribution is -0.120. The fourth-order valence-electron chi connectivity index (χ4n) is 4.14. The van der Waals surface area contributed by atoms with Gasteiger partial charge in [0.15, 0.2) is 0 Å². The summed E-state index contributed by atoms with van der Waals surface area (Å²) in [6.45, 7) is 1.98. The smallest absolute Gasteiger partial charge is 0.254 e. The van der Waals surface area contributed by atoms with Crippen LogP contribution >= 0.6 is 22.9 Å². The summed E-state index contributed by atoms with van der Waals surface area (Å²) >= 11 is 7.04. The minimum Gasteiger partial charge on any atom is -0.339 e. The number of carbonyl (C=O) groups excluding carboxylic acids is 2.